The van der Waals surface area contributed by atoms with Crippen molar-refractivity contribution < 1.29 is 4.79 Å². The lowest BCUT2D eigenvalue weighted by Crippen LogP contribution is -2.27. The Morgan fingerprint density at radius 3 is 2.75 bits per heavy atom. The number of hydrogen-bond acceptors (Lipinski definition) is 3. The lowest BCUT2D eigenvalue weighted by molar-refractivity contribution is 0.0797. The number of anilines is 1. The van der Waals surface area contributed by atoms with Gasteiger partial charge in [0.2, 0.25) is 0 Å². The van der Waals surface area contributed by atoms with Crippen LogP contribution in [0.15, 0.2) is 30.3 Å². The van der Waals surface area contributed by atoms with Crippen LogP contribution in [0.25, 0.3) is 10.9 Å². The second kappa shape index (κ2) is 6.37. The topological polar surface area (TPSA) is 45.2 Å². The smallest absolute Gasteiger partial charge is 0.272 e. The molecule has 0 saturated heterocycles. The fourth-order valence-electron chi connectivity index (χ4n) is 2.03. The van der Waals surface area contributed by atoms with Gasteiger partial charge < -0.3 is 10.2 Å². The first-order valence-corrected chi connectivity index (χ1v) is 7.06. The number of rotatable bonds is 5. The summed E-state index contributed by atoms with van der Waals surface area (Å²) in [5.74, 6) is -0.0437. The first-order valence-electron chi connectivity index (χ1n) is 7.06. The summed E-state index contributed by atoms with van der Waals surface area (Å²) in [4.78, 5) is 18.4. The maximum Gasteiger partial charge on any atom is 0.272 e. The largest absolute Gasteiger partial charge is 0.384 e. The molecule has 2 aromatic rings. The predicted octanol–water partition coefficient (Wildman–Crippen LogP) is 3.15. The Morgan fingerprint density at radius 1 is 1.30 bits per heavy atom. The number of pyridine rings is 1. The van der Waals surface area contributed by atoms with Crippen LogP contribution in [0.4, 0.5) is 5.69 Å². The molecule has 0 unspecified atom stereocenters. The summed E-state index contributed by atoms with van der Waals surface area (Å²) < 4.78 is 0. The molecule has 20 heavy (non-hydrogen) atoms. The van der Waals surface area contributed by atoms with Crippen LogP contribution in [0.5, 0.6) is 0 Å². The van der Waals surface area contributed by atoms with Gasteiger partial charge in [0.15, 0.2) is 0 Å². The molecule has 0 spiro atoms. The summed E-state index contributed by atoms with van der Waals surface area (Å²) in [5, 5.41) is 4.43. The van der Waals surface area contributed by atoms with Crippen LogP contribution in [0.2, 0.25) is 0 Å². The number of para-hydroxylation sites is 1. The number of hydrogen-bond donors (Lipinski definition) is 1. The Bertz CT molecular complexity index is 610. The predicted molar refractivity (Wildman–Crippen MR) is 83.2 cm³/mol. The van der Waals surface area contributed by atoms with Crippen molar-refractivity contribution in [1.82, 2.24) is 9.88 Å². The fraction of sp³-hybridized carbons (Fsp3) is 0.375. The molecule has 1 amide bonds. The van der Waals surface area contributed by atoms with Crippen molar-refractivity contribution in [2.75, 3.05) is 25.5 Å². The zero-order valence-corrected chi connectivity index (χ0v) is 12.3. The quantitative estimate of drug-likeness (QED) is 0.908. The molecule has 1 N–H and O–H groups in total. The number of benzene rings is 1. The van der Waals surface area contributed by atoms with E-state index in [2.05, 4.69) is 17.2 Å². The minimum Gasteiger partial charge on any atom is -0.384 e. The van der Waals surface area contributed by atoms with E-state index >= 15 is 0 Å². The molecule has 106 valence electrons. The van der Waals surface area contributed by atoms with Gasteiger partial charge in [-0.15, -0.1) is 0 Å². The summed E-state index contributed by atoms with van der Waals surface area (Å²) in [7, 11) is 1.79. The monoisotopic (exact) mass is 271 g/mol. The van der Waals surface area contributed by atoms with Gasteiger partial charge in [-0.3, -0.25) is 4.79 Å². The van der Waals surface area contributed by atoms with Crippen LogP contribution < -0.4 is 5.32 Å². The maximum absolute atomic E-state index is 12.3. The molecule has 0 aliphatic heterocycles. The van der Waals surface area contributed by atoms with Crippen LogP contribution >= 0.6 is 0 Å². The fourth-order valence-corrected chi connectivity index (χ4v) is 2.03. The van der Waals surface area contributed by atoms with E-state index in [1.807, 2.05) is 37.3 Å². The molecule has 0 radical (unpaired) electrons. The van der Waals surface area contributed by atoms with Gasteiger partial charge in [-0.05, 0) is 25.5 Å². The number of amides is 1. The van der Waals surface area contributed by atoms with Gasteiger partial charge in [-0.2, -0.15) is 0 Å². The van der Waals surface area contributed by atoms with E-state index < -0.39 is 0 Å². The van der Waals surface area contributed by atoms with Crippen molar-refractivity contribution >= 4 is 22.5 Å². The van der Waals surface area contributed by atoms with Crippen LogP contribution in [0, 0.1) is 0 Å². The van der Waals surface area contributed by atoms with Crippen molar-refractivity contribution in [3.05, 3.63) is 36.0 Å². The lowest BCUT2D eigenvalue weighted by Gasteiger charge is -2.16. The van der Waals surface area contributed by atoms with Gasteiger partial charge >= 0.3 is 0 Å². The molecule has 4 heteroatoms. The van der Waals surface area contributed by atoms with Gasteiger partial charge in [0.25, 0.3) is 5.91 Å². The maximum atomic E-state index is 12.3. The summed E-state index contributed by atoms with van der Waals surface area (Å²) in [5.41, 5.74) is 2.32. The molecule has 0 bridgehead atoms. The first kappa shape index (κ1) is 14.3. The number of carbonyl (C=O) groups is 1. The molecule has 0 fully saturated rings. The highest BCUT2D eigenvalue weighted by Gasteiger charge is 2.14. The van der Waals surface area contributed by atoms with Crippen molar-refractivity contribution in [3.8, 4) is 0 Å². The van der Waals surface area contributed by atoms with E-state index in [0.29, 0.717) is 12.2 Å². The third-order valence-electron chi connectivity index (χ3n) is 3.32. The van der Waals surface area contributed by atoms with Crippen molar-refractivity contribution in [2.24, 2.45) is 0 Å². The van der Waals surface area contributed by atoms with E-state index in [-0.39, 0.29) is 5.91 Å². The average Bonchev–Trinajstić information content (AvgIpc) is 2.50. The molecule has 2 rings (SSSR count). The minimum absolute atomic E-state index is 0.0437. The number of nitrogens with one attached hydrogen (secondary N) is 1. The highest BCUT2D eigenvalue weighted by molar-refractivity contribution is 5.99. The second-order valence-electron chi connectivity index (χ2n) is 4.82. The Labute approximate surface area is 119 Å². The molecule has 4 nitrogen and oxygen atoms in total. The van der Waals surface area contributed by atoms with E-state index in [1.165, 1.54) is 0 Å². The third-order valence-corrected chi connectivity index (χ3v) is 3.32. The lowest BCUT2D eigenvalue weighted by atomic mass is 10.1. The Kier molecular flexibility index (Phi) is 4.56. The summed E-state index contributed by atoms with van der Waals surface area (Å²) in [6, 6.07) is 9.75. The van der Waals surface area contributed by atoms with Crippen molar-refractivity contribution in [1.29, 1.82) is 0 Å². The van der Waals surface area contributed by atoms with Crippen molar-refractivity contribution in [3.63, 3.8) is 0 Å². The van der Waals surface area contributed by atoms with Crippen LogP contribution in [0.1, 0.15) is 30.8 Å². The van der Waals surface area contributed by atoms with Gasteiger partial charge in [0.1, 0.15) is 5.69 Å². The van der Waals surface area contributed by atoms with Crippen LogP contribution in [0.3, 0.4) is 0 Å². The van der Waals surface area contributed by atoms with E-state index in [9.17, 15) is 4.79 Å². The summed E-state index contributed by atoms with van der Waals surface area (Å²) >= 11 is 0. The standard InChI is InChI=1S/C16H21N3O/c1-4-10-17-14-11-15(16(20)19(3)5-2)18-13-9-7-6-8-12(13)14/h6-9,11H,4-5,10H2,1-3H3,(H,17,18). The second-order valence-corrected chi connectivity index (χ2v) is 4.82. The number of carbonyl (C=O) groups excluding carboxylic acids is 1. The molecule has 1 heterocycles. The number of nitrogens with zero attached hydrogens (tertiary/aromatic N) is 2. The van der Waals surface area contributed by atoms with Gasteiger partial charge in [-0.25, -0.2) is 4.98 Å². The minimum atomic E-state index is -0.0437. The van der Waals surface area contributed by atoms with Gasteiger partial charge in [0, 0.05) is 31.2 Å². The molecule has 1 aromatic heterocycles. The molecular weight excluding hydrogens is 250 g/mol. The zero-order valence-electron chi connectivity index (χ0n) is 12.3. The molecule has 0 saturated carbocycles. The summed E-state index contributed by atoms with van der Waals surface area (Å²) in [6.07, 6.45) is 1.04. The average molecular weight is 271 g/mol. The molecule has 0 atom stereocenters. The molecule has 0 aliphatic rings. The number of fused-ring (bicyclic) bond motifs is 1. The Morgan fingerprint density at radius 2 is 2.05 bits per heavy atom. The van der Waals surface area contributed by atoms with E-state index in [4.69, 9.17) is 0 Å². The summed E-state index contributed by atoms with van der Waals surface area (Å²) in [6.45, 7) is 5.62. The Balaban J connectivity index is 2.49. The van der Waals surface area contributed by atoms with Gasteiger partial charge in [0.05, 0.1) is 5.52 Å². The zero-order chi connectivity index (χ0) is 14.5. The number of aromatic nitrogens is 1. The Hall–Kier alpha value is -2.10. The first-order chi connectivity index (χ1) is 9.67. The normalized spacial score (nSPS) is 10.6. The van der Waals surface area contributed by atoms with Gasteiger partial charge in [-0.1, -0.05) is 25.1 Å². The highest BCUT2D eigenvalue weighted by Crippen LogP contribution is 2.23. The SMILES string of the molecule is CCCNc1cc(C(=O)N(C)CC)nc2ccccc12. The third kappa shape index (κ3) is 2.90. The van der Waals surface area contributed by atoms with Crippen LogP contribution in [-0.2, 0) is 0 Å². The highest BCUT2D eigenvalue weighted by atomic mass is 16.2. The van der Waals surface area contributed by atoms with E-state index in [0.717, 1.165) is 29.6 Å². The molecule has 1 aromatic carbocycles. The molecule has 0 aliphatic carbocycles. The van der Waals surface area contributed by atoms with Crippen LogP contribution in [-0.4, -0.2) is 35.9 Å². The van der Waals surface area contributed by atoms with Crippen molar-refractivity contribution in [2.45, 2.75) is 20.3 Å². The van der Waals surface area contributed by atoms with E-state index in [1.54, 1.807) is 11.9 Å². The molecular formula is C16H21N3O.